The van der Waals surface area contributed by atoms with E-state index in [1.165, 1.54) is 13.0 Å². The van der Waals surface area contributed by atoms with Gasteiger partial charge in [0.1, 0.15) is 12.4 Å². The molecule has 0 saturated carbocycles. The van der Waals surface area contributed by atoms with Crippen molar-refractivity contribution in [2.45, 2.75) is 33.5 Å². The Kier molecular flexibility index (Phi) is 5.15. The van der Waals surface area contributed by atoms with Gasteiger partial charge in [-0.1, -0.05) is 12.1 Å². The van der Waals surface area contributed by atoms with Crippen LogP contribution in [0.3, 0.4) is 0 Å². The second-order valence-electron chi connectivity index (χ2n) is 5.31. The number of ketones is 1. The van der Waals surface area contributed by atoms with Crippen molar-refractivity contribution in [2.24, 2.45) is 0 Å². The van der Waals surface area contributed by atoms with E-state index >= 15 is 0 Å². The number of Topliss-reactive ketones (excluding diaryl/α,β-unsaturated/α-hetero) is 1. The molecule has 116 valence electrons. The third-order valence-corrected chi connectivity index (χ3v) is 2.98. The second kappa shape index (κ2) is 7.07. The molecule has 22 heavy (non-hydrogen) atoms. The fourth-order valence-electron chi connectivity index (χ4n) is 2.01. The van der Waals surface area contributed by atoms with Gasteiger partial charge in [-0.15, -0.1) is 0 Å². The zero-order valence-electron chi connectivity index (χ0n) is 12.9. The largest absolute Gasteiger partial charge is 0.491 e. The molecule has 0 spiro atoms. The van der Waals surface area contributed by atoms with Gasteiger partial charge in [-0.2, -0.15) is 0 Å². The normalized spacial score (nSPS) is 10.6. The third-order valence-electron chi connectivity index (χ3n) is 2.98. The number of halogens is 1. The van der Waals surface area contributed by atoms with Crippen LogP contribution >= 0.6 is 0 Å². The average molecular weight is 302 g/mol. The number of ether oxygens (including phenoxy) is 2. The van der Waals surface area contributed by atoms with Crippen LogP contribution in [-0.4, -0.2) is 11.9 Å². The van der Waals surface area contributed by atoms with Gasteiger partial charge in [-0.3, -0.25) is 4.79 Å². The second-order valence-corrected chi connectivity index (χ2v) is 5.31. The summed E-state index contributed by atoms with van der Waals surface area (Å²) in [6.45, 7) is 5.48. The lowest BCUT2D eigenvalue weighted by Crippen LogP contribution is -2.08. The van der Waals surface area contributed by atoms with Crippen LogP contribution in [-0.2, 0) is 6.61 Å². The monoisotopic (exact) mass is 302 g/mol. The van der Waals surface area contributed by atoms with E-state index in [0.717, 1.165) is 5.56 Å². The Balaban J connectivity index is 2.20. The van der Waals surface area contributed by atoms with Gasteiger partial charge in [0.05, 0.1) is 6.10 Å². The van der Waals surface area contributed by atoms with Crippen LogP contribution in [0.15, 0.2) is 42.5 Å². The van der Waals surface area contributed by atoms with E-state index in [2.05, 4.69) is 0 Å². The minimum absolute atomic E-state index is 0.00236. The van der Waals surface area contributed by atoms with Crippen molar-refractivity contribution in [2.75, 3.05) is 0 Å². The lowest BCUT2D eigenvalue weighted by molar-refractivity contribution is 0.101. The molecule has 2 aromatic rings. The molecule has 3 nitrogen and oxygen atoms in total. The molecule has 0 aliphatic carbocycles. The van der Waals surface area contributed by atoms with E-state index in [-0.39, 0.29) is 24.2 Å². The van der Waals surface area contributed by atoms with E-state index in [0.29, 0.717) is 11.3 Å². The summed E-state index contributed by atoms with van der Waals surface area (Å²) < 4.78 is 24.7. The quantitative estimate of drug-likeness (QED) is 0.742. The Labute approximate surface area is 129 Å². The van der Waals surface area contributed by atoms with Gasteiger partial charge in [0.2, 0.25) is 0 Å². The number of para-hydroxylation sites is 1. The summed E-state index contributed by atoms with van der Waals surface area (Å²) >= 11 is 0. The smallest absolute Gasteiger partial charge is 0.165 e. The molecule has 0 amide bonds. The van der Waals surface area contributed by atoms with Crippen molar-refractivity contribution in [1.29, 1.82) is 0 Å². The van der Waals surface area contributed by atoms with E-state index in [1.807, 2.05) is 13.8 Å². The van der Waals surface area contributed by atoms with Crippen LogP contribution in [0.4, 0.5) is 4.39 Å². The Morgan fingerprint density at radius 3 is 2.55 bits per heavy atom. The Morgan fingerprint density at radius 1 is 1.18 bits per heavy atom. The van der Waals surface area contributed by atoms with E-state index in [9.17, 15) is 9.18 Å². The number of hydrogen-bond donors (Lipinski definition) is 0. The summed E-state index contributed by atoms with van der Waals surface area (Å²) in [7, 11) is 0. The van der Waals surface area contributed by atoms with Gasteiger partial charge in [0.25, 0.3) is 0 Å². The molecule has 0 N–H and O–H groups in total. The Bertz CT molecular complexity index is 665. The Morgan fingerprint density at radius 2 is 1.91 bits per heavy atom. The van der Waals surface area contributed by atoms with Gasteiger partial charge in [0, 0.05) is 5.56 Å². The van der Waals surface area contributed by atoms with Crippen LogP contribution in [0.2, 0.25) is 0 Å². The minimum atomic E-state index is -0.413. The molecule has 0 aliphatic rings. The van der Waals surface area contributed by atoms with Crippen molar-refractivity contribution in [1.82, 2.24) is 0 Å². The first-order valence-corrected chi connectivity index (χ1v) is 7.14. The summed E-state index contributed by atoms with van der Waals surface area (Å²) in [5, 5.41) is 0. The minimum Gasteiger partial charge on any atom is -0.491 e. The molecule has 0 bridgehead atoms. The van der Waals surface area contributed by atoms with Crippen LogP contribution in [0.1, 0.15) is 36.7 Å². The SMILES string of the molecule is CC(=O)c1cc(COc2ccccc2F)cc(OC(C)C)c1. The molecule has 0 heterocycles. The Hall–Kier alpha value is -2.36. The molecule has 0 unspecified atom stereocenters. The summed E-state index contributed by atoms with van der Waals surface area (Å²) in [6.07, 6.45) is 0.00236. The molecule has 0 atom stereocenters. The standard InChI is InChI=1S/C18H19FO3/c1-12(2)22-16-9-14(8-15(10-16)13(3)20)11-21-18-7-5-4-6-17(18)19/h4-10,12H,11H2,1-3H3. The van der Waals surface area contributed by atoms with Gasteiger partial charge in [-0.05, 0) is 56.7 Å². The van der Waals surface area contributed by atoms with Crippen molar-refractivity contribution < 1.29 is 18.7 Å². The zero-order chi connectivity index (χ0) is 16.1. The fraction of sp³-hybridized carbons (Fsp3) is 0.278. The van der Waals surface area contributed by atoms with Gasteiger partial charge >= 0.3 is 0 Å². The van der Waals surface area contributed by atoms with E-state index in [1.54, 1.807) is 36.4 Å². The number of benzene rings is 2. The summed E-state index contributed by atoms with van der Waals surface area (Å²) in [5.41, 5.74) is 1.30. The maximum Gasteiger partial charge on any atom is 0.165 e. The highest BCUT2D eigenvalue weighted by atomic mass is 19.1. The molecule has 2 rings (SSSR count). The van der Waals surface area contributed by atoms with Gasteiger partial charge in [-0.25, -0.2) is 4.39 Å². The van der Waals surface area contributed by atoms with E-state index < -0.39 is 5.82 Å². The average Bonchev–Trinajstić information content (AvgIpc) is 2.45. The number of rotatable bonds is 6. The zero-order valence-corrected chi connectivity index (χ0v) is 12.9. The first-order valence-electron chi connectivity index (χ1n) is 7.14. The van der Waals surface area contributed by atoms with Crippen LogP contribution < -0.4 is 9.47 Å². The third kappa shape index (κ3) is 4.32. The number of carbonyl (C=O) groups excluding carboxylic acids is 1. The van der Waals surface area contributed by atoms with Crippen LogP contribution in [0, 0.1) is 5.82 Å². The summed E-state index contributed by atoms with van der Waals surface area (Å²) in [5.74, 6) is 0.321. The fourth-order valence-corrected chi connectivity index (χ4v) is 2.01. The summed E-state index contributed by atoms with van der Waals surface area (Å²) in [4.78, 5) is 11.6. The first-order chi connectivity index (χ1) is 10.5. The lowest BCUT2D eigenvalue weighted by Gasteiger charge is -2.13. The predicted molar refractivity (Wildman–Crippen MR) is 82.9 cm³/mol. The van der Waals surface area contributed by atoms with Crippen molar-refractivity contribution in [3.05, 3.63) is 59.4 Å². The highest BCUT2D eigenvalue weighted by Crippen LogP contribution is 2.22. The maximum atomic E-state index is 13.5. The molecule has 0 aliphatic heterocycles. The van der Waals surface area contributed by atoms with Crippen molar-refractivity contribution >= 4 is 5.78 Å². The molecule has 2 aromatic carbocycles. The molecular weight excluding hydrogens is 283 g/mol. The summed E-state index contributed by atoms with van der Waals surface area (Å²) in [6, 6.07) is 11.5. The van der Waals surface area contributed by atoms with Crippen molar-refractivity contribution in [3.63, 3.8) is 0 Å². The maximum absolute atomic E-state index is 13.5. The van der Waals surface area contributed by atoms with Crippen LogP contribution in [0.25, 0.3) is 0 Å². The van der Waals surface area contributed by atoms with Crippen molar-refractivity contribution in [3.8, 4) is 11.5 Å². The molecule has 0 aromatic heterocycles. The molecule has 0 radical (unpaired) electrons. The van der Waals surface area contributed by atoms with E-state index in [4.69, 9.17) is 9.47 Å². The topological polar surface area (TPSA) is 35.5 Å². The molecule has 0 saturated heterocycles. The highest BCUT2D eigenvalue weighted by Gasteiger charge is 2.09. The lowest BCUT2D eigenvalue weighted by atomic mass is 10.1. The van der Waals surface area contributed by atoms with Gasteiger partial charge in [0.15, 0.2) is 17.3 Å². The number of hydrogen-bond acceptors (Lipinski definition) is 3. The van der Waals surface area contributed by atoms with Gasteiger partial charge < -0.3 is 9.47 Å². The highest BCUT2D eigenvalue weighted by molar-refractivity contribution is 5.94. The number of carbonyl (C=O) groups is 1. The van der Waals surface area contributed by atoms with Crippen LogP contribution in [0.5, 0.6) is 11.5 Å². The first kappa shape index (κ1) is 16.0. The molecule has 4 heteroatoms. The molecule has 0 fully saturated rings. The predicted octanol–water partition coefficient (Wildman–Crippen LogP) is 4.39. The molecular formula is C18H19FO3.